The second-order valence-corrected chi connectivity index (χ2v) is 6.95. The van der Waals surface area contributed by atoms with Crippen LogP contribution in [0.25, 0.3) is 5.65 Å². The van der Waals surface area contributed by atoms with E-state index in [4.69, 9.17) is 9.47 Å². The quantitative estimate of drug-likeness (QED) is 0.713. The van der Waals surface area contributed by atoms with Gasteiger partial charge in [0.15, 0.2) is 0 Å². The fourth-order valence-corrected chi connectivity index (χ4v) is 3.26. The Morgan fingerprint density at radius 1 is 1.22 bits per heavy atom. The lowest BCUT2D eigenvalue weighted by Gasteiger charge is -2.31. The van der Waals surface area contributed by atoms with Gasteiger partial charge in [0, 0.05) is 31.0 Å². The summed E-state index contributed by atoms with van der Waals surface area (Å²) in [4.78, 5) is 19.0. The van der Waals surface area contributed by atoms with E-state index in [2.05, 4.69) is 11.9 Å². The molecule has 3 heterocycles. The van der Waals surface area contributed by atoms with E-state index in [1.807, 2.05) is 65.0 Å². The van der Waals surface area contributed by atoms with E-state index in [-0.39, 0.29) is 12.0 Å². The molecular formula is C21H23N3O3. The Kier molecular flexibility index (Phi) is 4.81. The predicted molar refractivity (Wildman–Crippen MR) is 102 cm³/mol. The number of hydrogen-bond donors (Lipinski definition) is 0. The molecule has 6 nitrogen and oxygen atoms in total. The van der Waals surface area contributed by atoms with Crippen LogP contribution in [0, 0.1) is 6.92 Å². The highest BCUT2D eigenvalue weighted by Crippen LogP contribution is 2.17. The molecule has 4 rings (SSSR count). The second kappa shape index (κ2) is 7.40. The van der Waals surface area contributed by atoms with Gasteiger partial charge in [0.25, 0.3) is 5.91 Å². The van der Waals surface area contributed by atoms with Gasteiger partial charge < -0.3 is 18.8 Å². The van der Waals surface area contributed by atoms with Crippen molar-refractivity contribution in [2.45, 2.75) is 26.6 Å². The molecule has 2 aromatic heterocycles. The molecule has 1 fully saturated rings. The summed E-state index contributed by atoms with van der Waals surface area (Å²) in [6.45, 7) is 6.27. The van der Waals surface area contributed by atoms with Crippen molar-refractivity contribution in [1.29, 1.82) is 0 Å². The number of carbonyl (C=O) groups excluding carboxylic acids is 1. The van der Waals surface area contributed by atoms with E-state index in [9.17, 15) is 4.79 Å². The van der Waals surface area contributed by atoms with Gasteiger partial charge in [0.1, 0.15) is 18.0 Å². The number of fused-ring (bicyclic) bond motifs is 1. The maximum absolute atomic E-state index is 12.6. The summed E-state index contributed by atoms with van der Waals surface area (Å²) in [6, 6.07) is 11.3. The smallest absolute Gasteiger partial charge is 0.254 e. The molecule has 1 amide bonds. The van der Waals surface area contributed by atoms with Gasteiger partial charge in [-0.05, 0) is 49.7 Å². The Morgan fingerprint density at radius 3 is 2.81 bits per heavy atom. The minimum atomic E-state index is 0.0346. The zero-order valence-electron chi connectivity index (χ0n) is 15.6. The minimum absolute atomic E-state index is 0.0346. The molecule has 0 spiro atoms. The Labute approximate surface area is 158 Å². The average molecular weight is 365 g/mol. The first-order valence-electron chi connectivity index (χ1n) is 9.16. The molecule has 0 aliphatic carbocycles. The van der Waals surface area contributed by atoms with Crippen molar-refractivity contribution in [2.24, 2.45) is 0 Å². The number of pyridine rings is 1. The SMILES string of the molecule is Cc1ccc2nc(COc3ccc(C(=O)N4CCOC(C)C4)cc3)cn2c1. The lowest BCUT2D eigenvalue weighted by atomic mass is 10.1. The standard InChI is InChI=1S/C21H23N3O3/c1-15-3-8-20-22-18(13-24(20)11-15)14-27-19-6-4-17(5-7-19)21(25)23-9-10-26-16(2)12-23/h3-8,11,13,16H,9-10,12,14H2,1-2H3. The summed E-state index contributed by atoms with van der Waals surface area (Å²) >= 11 is 0. The number of amides is 1. The number of benzene rings is 1. The summed E-state index contributed by atoms with van der Waals surface area (Å²) in [5.74, 6) is 0.752. The third-order valence-corrected chi connectivity index (χ3v) is 4.67. The number of carbonyl (C=O) groups is 1. The first-order chi connectivity index (χ1) is 13.1. The first kappa shape index (κ1) is 17.5. The predicted octanol–water partition coefficient (Wildman–Crippen LogP) is 3.08. The highest BCUT2D eigenvalue weighted by molar-refractivity contribution is 5.94. The fraction of sp³-hybridized carbons (Fsp3) is 0.333. The van der Waals surface area contributed by atoms with E-state index in [1.54, 1.807) is 0 Å². The first-order valence-corrected chi connectivity index (χ1v) is 9.16. The fourth-order valence-electron chi connectivity index (χ4n) is 3.26. The molecule has 3 aromatic rings. The third-order valence-electron chi connectivity index (χ3n) is 4.67. The Morgan fingerprint density at radius 2 is 2.04 bits per heavy atom. The Bertz CT molecular complexity index is 949. The zero-order valence-corrected chi connectivity index (χ0v) is 15.6. The van der Waals surface area contributed by atoms with Crippen LogP contribution in [0.3, 0.4) is 0 Å². The topological polar surface area (TPSA) is 56.1 Å². The third kappa shape index (κ3) is 3.95. The van der Waals surface area contributed by atoms with Crippen LogP contribution in [0.1, 0.15) is 28.5 Å². The number of aryl methyl sites for hydroxylation is 1. The van der Waals surface area contributed by atoms with Crippen LogP contribution in [0.2, 0.25) is 0 Å². The minimum Gasteiger partial charge on any atom is -0.487 e. The molecule has 1 saturated heterocycles. The highest BCUT2D eigenvalue weighted by atomic mass is 16.5. The van der Waals surface area contributed by atoms with Gasteiger partial charge in [-0.25, -0.2) is 4.98 Å². The highest BCUT2D eigenvalue weighted by Gasteiger charge is 2.22. The number of nitrogens with zero attached hydrogens (tertiary/aromatic N) is 3. The van der Waals surface area contributed by atoms with Gasteiger partial charge in [-0.2, -0.15) is 0 Å². The van der Waals surface area contributed by atoms with E-state index < -0.39 is 0 Å². The van der Waals surface area contributed by atoms with E-state index in [1.165, 1.54) is 5.56 Å². The number of hydrogen-bond acceptors (Lipinski definition) is 4. The van der Waals surface area contributed by atoms with Crippen molar-refractivity contribution >= 4 is 11.6 Å². The van der Waals surface area contributed by atoms with Crippen LogP contribution in [0.5, 0.6) is 5.75 Å². The number of aromatic nitrogens is 2. The summed E-state index contributed by atoms with van der Waals surface area (Å²) in [6.07, 6.45) is 4.10. The Hall–Kier alpha value is -2.86. The molecule has 1 aliphatic heterocycles. The largest absolute Gasteiger partial charge is 0.487 e. The van der Waals surface area contributed by atoms with Crippen LogP contribution < -0.4 is 4.74 Å². The van der Waals surface area contributed by atoms with E-state index in [0.29, 0.717) is 31.9 Å². The van der Waals surface area contributed by atoms with Crippen molar-refractivity contribution in [2.75, 3.05) is 19.7 Å². The van der Waals surface area contributed by atoms with Gasteiger partial charge in [0.05, 0.1) is 18.4 Å². The van der Waals surface area contributed by atoms with Gasteiger partial charge in [-0.1, -0.05) is 6.07 Å². The number of rotatable bonds is 4. The molecule has 0 N–H and O–H groups in total. The summed E-state index contributed by atoms with van der Waals surface area (Å²) < 4.78 is 13.3. The maximum atomic E-state index is 12.6. The monoisotopic (exact) mass is 365 g/mol. The summed E-state index contributed by atoms with van der Waals surface area (Å²) in [5.41, 5.74) is 3.62. The van der Waals surface area contributed by atoms with Crippen LogP contribution in [0.15, 0.2) is 48.8 Å². The molecule has 6 heteroatoms. The molecule has 0 bridgehead atoms. The van der Waals surface area contributed by atoms with E-state index >= 15 is 0 Å². The van der Waals surface area contributed by atoms with Gasteiger partial charge in [-0.3, -0.25) is 4.79 Å². The van der Waals surface area contributed by atoms with Crippen LogP contribution in [-0.2, 0) is 11.3 Å². The molecule has 0 radical (unpaired) electrons. The van der Waals surface area contributed by atoms with Crippen molar-refractivity contribution in [3.63, 3.8) is 0 Å². The second-order valence-electron chi connectivity index (χ2n) is 6.95. The maximum Gasteiger partial charge on any atom is 0.254 e. The van der Waals surface area contributed by atoms with Crippen LogP contribution in [-0.4, -0.2) is 46.0 Å². The average Bonchev–Trinajstić information content (AvgIpc) is 3.08. The molecule has 1 atom stereocenters. The van der Waals surface area contributed by atoms with Crippen molar-refractivity contribution in [3.8, 4) is 5.75 Å². The lowest BCUT2D eigenvalue weighted by molar-refractivity contribution is -0.0124. The molecule has 1 unspecified atom stereocenters. The van der Waals surface area contributed by atoms with Gasteiger partial charge in [-0.15, -0.1) is 0 Å². The molecule has 140 valence electrons. The Balaban J connectivity index is 1.39. The zero-order chi connectivity index (χ0) is 18.8. The molecule has 0 saturated carbocycles. The van der Waals surface area contributed by atoms with Gasteiger partial charge in [0.2, 0.25) is 0 Å². The number of morpholine rings is 1. The van der Waals surface area contributed by atoms with E-state index in [0.717, 1.165) is 17.1 Å². The summed E-state index contributed by atoms with van der Waals surface area (Å²) in [5, 5.41) is 0. The van der Waals surface area contributed by atoms with Crippen molar-refractivity contribution < 1.29 is 14.3 Å². The number of imidazole rings is 1. The normalized spacial score (nSPS) is 17.3. The molecular weight excluding hydrogens is 342 g/mol. The van der Waals surface area contributed by atoms with Crippen molar-refractivity contribution in [3.05, 3.63) is 65.6 Å². The number of ether oxygens (including phenoxy) is 2. The van der Waals surface area contributed by atoms with Crippen LogP contribution in [0.4, 0.5) is 0 Å². The van der Waals surface area contributed by atoms with Crippen molar-refractivity contribution in [1.82, 2.24) is 14.3 Å². The molecule has 1 aromatic carbocycles. The molecule has 1 aliphatic rings. The molecule has 27 heavy (non-hydrogen) atoms. The van der Waals surface area contributed by atoms with Gasteiger partial charge >= 0.3 is 0 Å². The summed E-state index contributed by atoms with van der Waals surface area (Å²) in [7, 11) is 0. The van der Waals surface area contributed by atoms with Crippen LogP contribution >= 0.6 is 0 Å². The lowest BCUT2D eigenvalue weighted by Crippen LogP contribution is -2.44.